The lowest BCUT2D eigenvalue weighted by Crippen LogP contribution is -2.40. The van der Waals surface area contributed by atoms with Gasteiger partial charge >= 0.3 is 0 Å². The maximum Gasteiger partial charge on any atom is 0.295 e. The van der Waals surface area contributed by atoms with E-state index in [0.717, 1.165) is 49.7 Å². The van der Waals surface area contributed by atoms with Crippen molar-refractivity contribution >= 4 is 17.4 Å². The number of carbonyl (C=O) groups is 2. The minimum absolute atomic E-state index is 0.0235. The summed E-state index contributed by atoms with van der Waals surface area (Å²) in [7, 11) is 0. The molecule has 1 saturated carbocycles. The van der Waals surface area contributed by atoms with Crippen LogP contribution in [0.2, 0.25) is 0 Å². The van der Waals surface area contributed by atoms with Crippen molar-refractivity contribution in [2.24, 2.45) is 0 Å². The molecule has 1 unspecified atom stereocenters. The SMILES string of the molecule is CCc1ccc(C2/C(=C(/O)c3ccc(F)cc3)C(=O)C(=O)N2C2CCCCC2)cc1. The predicted octanol–water partition coefficient (Wildman–Crippen LogP) is 5.14. The van der Waals surface area contributed by atoms with Crippen LogP contribution in [0.5, 0.6) is 0 Å². The molecule has 4 rings (SSSR count). The second-order valence-electron chi connectivity index (χ2n) is 8.10. The Morgan fingerprint density at radius 2 is 1.63 bits per heavy atom. The Morgan fingerprint density at radius 3 is 2.23 bits per heavy atom. The third-order valence-corrected chi connectivity index (χ3v) is 6.27. The maximum absolute atomic E-state index is 13.4. The van der Waals surface area contributed by atoms with Crippen LogP contribution < -0.4 is 0 Å². The van der Waals surface area contributed by atoms with E-state index >= 15 is 0 Å². The lowest BCUT2D eigenvalue weighted by molar-refractivity contribution is -0.141. The number of hydrogen-bond donors (Lipinski definition) is 1. The van der Waals surface area contributed by atoms with Crippen LogP contribution in [-0.4, -0.2) is 27.7 Å². The second kappa shape index (κ2) is 8.42. The molecule has 0 bridgehead atoms. The number of nitrogens with zero attached hydrogens (tertiary/aromatic N) is 1. The highest BCUT2D eigenvalue weighted by Gasteiger charge is 2.48. The fraction of sp³-hybridized carbons (Fsp3) is 0.360. The molecule has 1 heterocycles. The quantitative estimate of drug-likeness (QED) is 0.434. The molecule has 2 aromatic rings. The van der Waals surface area contributed by atoms with Crippen molar-refractivity contribution in [2.75, 3.05) is 0 Å². The number of ketones is 1. The van der Waals surface area contributed by atoms with Crippen LogP contribution in [0.3, 0.4) is 0 Å². The van der Waals surface area contributed by atoms with Crippen LogP contribution in [0.15, 0.2) is 54.1 Å². The van der Waals surface area contributed by atoms with Gasteiger partial charge < -0.3 is 10.0 Å². The zero-order valence-corrected chi connectivity index (χ0v) is 17.1. The number of aryl methyl sites for hydroxylation is 1. The number of hydrogen-bond acceptors (Lipinski definition) is 3. The predicted molar refractivity (Wildman–Crippen MR) is 113 cm³/mol. The number of Topliss-reactive ketones (excluding diaryl/α,β-unsaturated/α-hetero) is 1. The van der Waals surface area contributed by atoms with Crippen LogP contribution in [0, 0.1) is 5.82 Å². The van der Waals surface area contributed by atoms with Gasteiger partial charge in [0.1, 0.15) is 11.6 Å². The number of amides is 1. The van der Waals surface area contributed by atoms with Crippen molar-refractivity contribution in [2.45, 2.75) is 57.5 Å². The maximum atomic E-state index is 13.4. The number of aliphatic hydroxyl groups excluding tert-OH is 1. The molecule has 1 N–H and O–H groups in total. The van der Waals surface area contributed by atoms with Gasteiger partial charge in [-0.05, 0) is 54.7 Å². The van der Waals surface area contributed by atoms with Crippen molar-refractivity contribution in [3.63, 3.8) is 0 Å². The molecule has 0 spiro atoms. The number of aliphatic hydroxyl groups is 1. The average molecular weight is 407 g/mol. The van der Waals surface area contributed by atoms with Crippen LogP contribution in [-0.2, 0) is 16.0 Å². The van der Waals surface area contributed by atoms with Gasteiger partial charge in [-0.25, -0.2) is 4.39 Å². The lowest BCUT2D eigenvalue weighted by Gasteiger charge is -2.35. The summed E-state index contributed by atoms with van der Waals surface area (Å²) in [4.78, 5) is 27.8. The van der Waals surface area contributed by atoms with E-state index in [1.165, 1.54) is 24.3 Å². The van der Waals surface area contributed by atoms with E-state index in [2.05, 4.69) is 6.92 Å². The van der Waals surface area contributed by atoms with E-state index in [4.69, 9.17) is 0 Å². The molecule has 4 nitrogen and oxygen atoms in total. The third-order valence-electron chi connectivity index (χ3n) is 6.27. The van der Waals surface area contributed by atoms with Gasteiger partial charge in [-0.3, -0.25) is 9.59 Å². The Labute approximate surface area is 176 Å². The van der Waals surface area contributed by atoms with Crippen LogP contribution in [0.1, 0.15) is 61.8 Å². The molecule has 1 aliphatic carbocycles. The number of likely N-dealkylation sites (tertiary alicyclic amines) is 1. The summed E-state index contributed by atoms with van der Waals surface area (Å²) < 4.78 is 13.4. The Hall–Kier alpha value is -2.95. The van der Waals surface area contributed by atoms with E-state index in [1.807, 2.05) is 24.3 Å². The molecule has 0 radical (unpaired) electrons. The number of rotatable bonds is 4. The van der Waals surface area contributed by atoms with Gasteiger partial charge in [-0.15, -0.1) is 0 Å². The smallest absolute Gasteiger partial charge is 0.295 e. The van der Waals surface area contributed by atoms with Gasteiger partial charge in [0.25, 0.3) is 11.7 Å². The molecule has 1 atom stereocenters. The first-order valence-corrected chi connectivity index (χ1v) is 10.7. The lowest BCUT2D eigenvalue weighted by atomic mass is 9.90. The fourth-order valence-corrected chi connectivity index (χ4v) is 4.61. The molecular weight excluding hydrogens is 381 g/mol. The average Bonchev–Trinajstić information content (AvgIpc) is 3.05. The molecule has 2 aliphatic rings. The molecule has 1 saturated heterocycles. The first kappa shape index (κ1) is 20.3. The normalized spacial score (nSPS) is 21.9. The first-order chi connectivity index (χ1) is 14.5. The summed E-state index contributed by atoms with van der Waals surface area (Å²) in [6, 6.07) is 12.5. The van der Waals surface area contributed by atoms with Crippen LogP contribution >= 0.6 is 0 Å². The number of carbonyl (C=O) groups excluding carboxylic acids is 2. The van der Waals surface area contributed by atoms with Crippen molar-refractivity contribution in [1.82, 2.24) is 4.90 Å². The molecule has 5 heteroatoms. The molecule has 156 valence electrons. The highest BCUT2D eigenvalue weighted by molar-refractivity contribution is 6.46. The highest BCUT2D eigenvalue weighted by Crippen LogP contribution is 2.43. The summed E-state index contributed by atoms with van der Waals surface area (Å²) in [5.74, 6) is -1.92. The van der Waals surface area contributed by atoms with Crippen molar-refractivity contribution in [1.29, 1.82) is 0 Å². The van der Waals surface area contributed by atoms with E-state index in [9.17, 15) is 19.1 Å². The summed E-state index contributed by atoms with van der Waals surface area (Å²) >= 11 is 0. The molecule has 2 aromatic carbocycles. The Morgan fingerprint density at radius 1 is 1.00 bits per heavy atom. The zero-order chi connectivity index (χ0) is 21.3. The Balaban J connectivity index is 1.85. The van der Waals surface area contributed by atoms with Crippen LogP contribution in [0.25, 0.3) is 5.76 Å². The third kappa shape index (κ3) is 3.64. The standard InChI is InChI=1S/C25H26FNO3/c1-2-16-8-10-17(11-9-16)22-21(23(28)18-12-14-19(26)15-13-18)24(29)25(30)27(22)20-6-4-3-5-7-20/h8-15,20,22,28H,2-7H2,1H3/b23-21-. The molecule has 1 amide bonds. The Bertz CT molecular complexity index is 972. The number of benzene rings is 2. The zero-order valence-electron chi connectivity index (χ0n) is 17.1. The molecule has 0 aromatic heterocycles. The van der Waals surface area contributed by atoms with Gasteiger partial charge in [0.2, 0.25) is 0 Å². The van der Waals surface area contributed by atoms with Crippen molar-refractivity contribution < 1.29 is 19.1 Å². The summed E-state index contributed by atoms with van der Waals surface area (Å²) in [6.45, 7) is 2.07. The summed E-state index contributed by atoms with van der Waals surface area (Å²) in [5, 5.41) is 11.0. The first-order valence-electron chi connectivity index (χ1n) is 10.7. The molecule has 30 heavy (non-hydrogen) atoms. The van der Waals surface area contributed by atoms with Gasteiger partial charge in [0.15, 0.2) is 0 Å². The van der Waals surface area contributed by atoms with Gasteiger partial charge in [0.05, 0.1) is 11.6 Å². The summed E-state index contributed by atoms with van der Waals surface area (Å²) in [6.07, 6.45) is 5.77. The highest BCUT2D eigenvalue weighted by atomic mass is 19.1. The van der Waals surface area contributed by atoms with Crippen LogP contribution in [0.4, 0.5) is 4.39 Å². The Kier molecular flexibility index (Phi) is 5.71. The fourth-order valence-electron chi connectivity index (χ4n) is 4.61. The monoisotopic (exact) mass is 407 g/mol. The largest absolute Gasteiger partial charge is 0.507 e. The molecular formula is C25H26FNO3. The minimum Gasteiger partial charge on any atom is -0.507 e. The minimum atomic E-state index is -0.674. The van der Waals surface area contributed by atoms with E-state index in [1.54, 1.807) is 4.90 Å². The van der Waals surface area contributed by atoms with Crippen molar-refractivity contribution in [3.05, 3.63) is 76.6 Å². The molecule has 1 aliphatic heterocycles. The van der Waals surface area contributed by atoms with Gasteiger partial charge in [0, 0.05) is 11.6 Å². The topological polar surface area (TPSA) is 57.6 Å². The van der Waals surface area contributed by atoms with E-state index in [-0.39, 0.29) is 17.4 Å². The number of halogens is 1. The van der Waals surface area contributed by atoms with Gasteiger partial charge in [-0.1, -0.05) is 50.5 Å². The van der Waals surface area contributed by atoms with E-state index < -0.39 is 23.5 Å². The summed E-state index contributed by atoms with van der Waals surface area (Å²) in [5.41, 5.74) is 2.38. The van der Waals surface area contributed by atoms with E-state index in [0.29, 0.717) is 5.56 Å². The molecule has 2 fully saturated rings. The second-order valence-corrected chi connectivity index (χ2v) is 8.10. The van der Waals surface area contributed by atoms with Crippen molar-refractivity contribution in [3.8, 4) is 0 Å². The van der Waals surface area contributed by atoms with Gasteiger partial charge in [-0.2, -0.15) is 0 Å².